The van der Waals surface area contributed by atoms with Crippen molar-refractivity contribution < 1.29 is 27.5 Å². The number of benzene rings is 4. The molecule has 0 spiro atoms. The molecule has 0 N–H and O–H groups in total. The maximum atomic E-state index is 14.8. The third kappa shape index (κ3) is 7.47. The SMILES string of the molecule is C[C@@H]1Cc2nn3c(c2CN1C(=O)c1ccc(Cl)c(C#N)c1)C(=O)N([C@@H](C)c1ccc(OC(F)F)cc1)C[C@H]3CO[Si](c1ccccc1)(c1ccccc1)C(C)(C)C. The van der Waals surface area contributed by atoms with E-state index in [9.17, 15) is 23.6 Å². The van der Waals surface area contributed by atoms with E-state index in [0.29, 0.717) is 23.2 Å². The van der Waals surface area contributed by atoms with Crippen LogP contribution in [-0.4, -0.2) is 65.5 Å². The molecule has 7 rings (SSSR count). The van der Waals surface area contributed by atoms with Gasteiger partial charge < -0.3 is 19.0 Å². The van der Waals surface area contributed by atoms with Crippen molar-refractivity contribution in [2.24, 2.45) is 0 Å². The normalized spacial score (nSPS) is 17.5. The van der Waals surface area contributed by atoms with Crippen LogP contribution < -0.4 is 15.1 Å². The largest absolute Gasteiger partial charge is 0.435 e. The van der Waals surface area contributed by atoms with Gasteiger partial charge in [0, 0.05) is 30.1 Å². The van der Waals surface area contributed by atoms with E-state index in [4.69, 9.17) is 21.1 Å². The third-order valence-electron chi connectivity index (χ3n) is 11.2. The lowest BCUT2D eigenvalue weighted by atomic mass is 9.96. The lowest BCUT2D eigenvalue weighted by molar-refractivity contribution is -0.0498. The molecule has 0 radical (unpaired) electrons. The summed E-state index contributed by atoms with van der Waals surface area (Å²) in [5.74, 6) is -0.519. The average Bonchev–Trinajstić information content (AvgIpc) is 3.57. The molecule has 9 nitrogen and oxygen atoms in total. The van der Waals surface area contributed by atoms with Gasteiger partial charge in [0.25, 0.3) is 20.1 Å². The summed E-state index contributed by atoms with van der Waals surface area (Å²) < 4.78 is 39.8. The molecular weight excluding hydrogens is 764 g/mol. The number of halogens is 3. The third-order valence-corrected chi connectivity index (χ3v) is 16.6. The quantitative estimate of drug-likeness (QED) is 0.133. The van der Waals surface area contributed by atoms with Crippen LogP contribution in [0.4, 0.5) is 8.78 Å². The van der Waals surface area contributed by atoms with Crippen LogP contribution in [0.1, 0.15) is 89.9 Å². The minimum atomic E-state index is -3.01. The van der Waals surface area contributed by atoms with E-state index in [1.54, 1.807) is 34.1 Å². The molecule has 0 saturated heterocycles. The Morgan fingerprint density at radius 2 is 1.63 bits per heavy atom. The number of nitriles is 1. The van der Waals surface area contributed by atoms with Gasteiger partial charge >= 0.3 is 6.61 Å². The molecule has 0 fully saturated rings. The fourth-order valence-electron chi connectivity index (χ4n) is 8.31. The topological polar surface area (TPSA) is 101 Å². The van der Waals surface area contributed by atoms with E-state index < -0.39 is 27.0 Å². The Bertz CT molecular complexity index is 2270. The number of carbonyl (C=O) groups is 2. The van der Waals surface area contributed by atoms with Crippen LogP contribution >= 0.6 is 11.6 Å². The van der Waals surface area contributed by atoms with Gasteiger partial charge in [-0.2, -0.15) is 19.1 Å². The van der Waals surface area contributed by atoms with E-state index in [2.05, 4.69) is 49.8 Å². The molecule has 2 amide bonds. The van der Waals surface area contributed by atoms with Crippen molar-refractivity contribution in [1.29, 1.82) is 5.26 Å². The molecular formula is C44H44ClF2N5O4Si. The molecule has 4 aromatic carbocycles. The van der Waals surface area contributed by atoms with E-state index in [1.165, 1.54) is 18.2 Å². The Hall–Kier alpha value is -5.35. The zero-order valence-corrected chi connectivity index (χ0v) is 34.2. The fourth-order valence-corrected chi connectivity index (χ4v) is 13.1. The van der Waals surface area contributed by atoms with Gasteiger partial charge in [-0.15, -0.1) is 0 Å². The number of carbonyl (C=O) groups excluding carboxylic acids is 2. The van der Waals surface area contributed by atoms with Crippen LogP contribution in [0, 0.1) is 11.3 Å². The van der Waals surface area contributed by atoms with Crippen LogP contribution in [-0.2, 0) is 17.4 Å². The molecule has 5 aromatic rings. The number of ether oxygens (including phenoxy) is 1. The highest BCUT2D eigenvalue weighted by Crippen LogP contribution is 2.40. The standard InChI is InChI=1S/C44H44ClF2N5O4Si/c1-28-22-39-37(26-50(28)41(53)31-18-21-38(45)32(23-31)24-48)40-42(54)51(29(2)30-16-19-34(20-17-30)56-43(46)47)25-33(52(40)49-39)27-55-57(44(3,4)5,35-12-8-6-9-13-35)36-14-10-7-11-15-36/h6-21,23,28-29,33,43H,22,25-27H2,1-5H3/t28-,29+,33+/m1/s1. The molecule has 3 atom stereocenters. The van der Waals surface area contributed by atoms with Gasteiger partial charge in [-0.3, -0.25) is 14.3 Å². The molecule has 0 unspecified atom stereocenters. The molecule has 0 aliphatic carbocycles. The Labute approximate surface area is 337 Å². The van der Waals surface area contributed by atoms with Crippen molar-refractivity contribution in [1.82, 2.24) is 19.6 Å². The van der Waals surface area contributed by atoms with Gasteiger partial charge in [0.15, 0.2) is 0 Å². The van der Waals surface area contributed by atoms with Crippen molar-refractivity contribution in [2.75, 3.05) is 13.2 Å². The number of amides is 2. The number of rotatable bonds is 10. The minimum absolute atomic E-state index is 0.0242. The first-order chi connectivity index (χ1) is 27.2. The smallest absolute Gasteiger partial charge is 0.387 e. The molecule has 13 heteroatoms. The van der Waals surface area contributed by atoms with E-state index in [1.807, 2.05) is 61.0 Å². The van der Waals surface area contributed by atoms with Crippen LogP contribution in [0.2, 0.25) is 10.1 Å². The van der Waals surface area contributed by atoms with Crippen molar-refractivity contribution in [3.05, 3.63) is 142 Å². The summed E-state index contributed by atoms with van der Waals surface area (Å²) in [4.78, 5) is 32.4. The average molecular weight is 808 g/mol. The highest BCUT2D eigenvalue weighted by Gasteiger charge is 2.51. The monoisotopic (exact) mass is 807 g/mol. The second-order valence-corrected chi connectivity index (χ2v) is 20.4. The number of fused-ring (bicyclic) bond motifs is 3. The first-order valence-corrected chi connectivity index (χ1v) is 21.2. The second kappa shape index (κ2) is 15.9. The summed E-state index contributed by atoms with van der Waals surface area (Å²) in [6, 6.07) is 32.6. The molecule has 3 heterocycles. The Balaban J connectivity index is 1.30. The van der Waals surface area contributed by atoms with Gasteiger partial charge in [-0.1, -0.05) is 105 Å². The second-order valence-electron chi connectivity index (χ2n) is 15.7. The summed E-state index contributed by atoms with van der Waals surface area (Å²) in [5, 5.41) is 16.9. The number of nitrogens with zero attached hydrogens (tertiary/aromatic N) is 5. The van der Waals surface area contributed by atoms with Gasteiger partial charge in [0.05, 0.1) is 41.5 Å². The van der Waals surface area contributed by atoms with Crippen molar-refractivity contribution in [2.45, 2.75) is 77.4 Å². The first-order valence-electron chi connectivity index (χ1n) is 18.9. The lowest BCUT2D eigenvalue weighted by Gasteiger charge is -2.45. The van der Waals surface area contributed by atoms with Crippen molar-refractivity contribution >= 4 is 42.1 Å². The van der Waals surface area contributed by atoms with Crippen LogP contribution in [0.3, 0.4) is 0 Å². The summed E-state index contributed by atoms with van der Waals surface area (Å²) in [6.07, 6.45) is 0.413. The molecule has 0 bridgehead atoms. The van der Waals surface area contributed by atoms with Crippen LogP contribution in [0.15, 0.2) is 103 Å². The molecule has 1 aromatic heterocycles. The summed E-state index contributed by atoms with van der Waals surface area (Å²) in [6.45, 7) is 8.17. The van der Waals surface area contributed by atoms with Crippen molar-refractivity contribution in [3.8, 4) is 11.8 Å². The molecule has 57 heavy (non-hydrogen) atoms. The minimum Gasteiger partial charge on any atom is -0.435 e. The molecule has 2 aliphatic heterocycles. The molecule has 294 valence electrons. The van der Waals surface area contributed by atoms with E-state index in [0.717, 1.165) is 21.6 Å². The Morgan fingerprint density at radius 3 is 2.21 bits per heavy atom. The predicted octanol–water partition coefficient (Wildman–Crippen LogP) is 7.93. The van der Waals surface area contributed by atoms with E-state index >= 15 is 0 Å². The number of aromatic nitrogens is 2. The maximum absolute atomic E-state index is 14.8. The zero-order valence-electron chi connectivity index (χ0n) is 32.5. The fraction of sp³-hybridized carbons (Fsp3) is 0.318. The molecule has 2 aliphatic rings. The Kier molecular flexibility index (Phi) is 11.1. The van der Waals surface area contributed by atoms with Gasteiger partial charge in [-0.25, -0.2) is 0 Å². The summed E-state index contributed by atoms with van der Waals surface area (Å²) in [7, 11) is -3.01. The highest BCUT2D eigenvalue weighted by molar-refractivity contribution is 6.99. The maximum Gasteiger partial charge on any atom is 0.387 e. The van der Waals surface area contributed by atoms with Crippen molar-refractivity contribution in [3.63, 3.8) is 0 Å². The van der Waals surface area contributed by atoms with Gasteiger partial charge in [0.2, 0.25) is 0 Å². The number of hydrogen-bond donors (Lipinski definition) is 0. The van der Waals surface area contributed by atoms with Crippen LogP contribution in [0.25, 0.3) is 0 Å². The van der Waals surface area contributed by atoms with Crippen LogP contribution in [0.5, 0.6) is 5.75 Å². The summed E-state index contributed by atoms with van der Waals surface area (Å²) >= 11 is 6.19. The van der Waals surface area contributed by atoms with Gasteiger partial charge in [0.1, 0.15) is 17.5 Å². The van der Waals surface area contributed by atoms with Gasteiger partial charge in [-0.05, 0) is 65.2 Å². The highest BCUT2D eigenvalue weighted by atomic mass is 35.5. The summed E-state index contributed by atoms with van der Waals surface area (Å²) in [5.41, 5.74) is 3.05. The lowest BCUT2D eigenvalue weighted by Crippen LogP contribution is -2.67. The molecule has 0 saturated carbocycles. The first kappa shape index (κ1) is 39.9. The zero-order chi connectivity index (χ0) is 40.6. The Morgan fingerprint density at radius 1 is 1.00 bits per heavy atom. The number of hydrogen-bond acceptors (Lipinski definition) is 6. The predicted molar refractivity (Wildman–Crippen MR) is 217 cm³/mol. The number of alkyl halides is 2. The van der Waals surface area contributed by atoms with E-state index in [-0.39, 0.29) is 58.9 Å².